The van der Waals surface area contributed by atoms with E-state index in [-0.39, 0.29) is 24.0 Å². The maximum Gasteiger partial charge on any atom is 0.194 e. The molecule has 0 radical (unpaired) electrons. The summed E-state index contributed by atoms with van der Waals surface area (Å²) < 4.78 is 2.00. The number of hydrogen-bond acceptors (Lipinski definition) is 3. The fraction of sp³-hybridized carbons (Fsp3) is 0.471. The Kier molecular flexibility index (Phi) is 7.01. The van der Waals surface area contributed by atoms with E-state index in [1.54, 1.807) is 6.33 Å². The monoisotopic (exact) mass is 440 g/mol. The second kappa shape index (κ2) is 9.00. The summed E-state index contributed by atoms with van der Waals surface area (Å²) in [6, 6.07) is 10.1. The van der Waals surface area contributed by atoms with Gasteiger partial charge in [0.05, 0.1) is 6.54 Å². The van der Waals surface area contributed by atoms with Crippen LogP contribution in [0, 0.1) is 5.92 Å². The number of para-hydroxylation sites is 1. The van der Waals surface area contributed by atoms with Gasteiger partial charge in [-0.05, 0) is 30.9 Å². The average molecular weight is 440 g/mol. The van der Waals surface area contributed by atoms with E-state index in [1.165, 1.54) is 12.8 Å². The SMILES string of the molecule is CN=C(NCc1nncn1-c1ccccc1)N1CCC(C)CC1.I. The van der Waals surface area contributed by atoms with Crippen molar-refractivity contribution in [3.63, 3.8) is 0 Å². The number of halogens is 1. The van der Waals surface area contributed by atoms with Gasteiger partial charge >= 0.3 is 0 Å². The Morgan fingerprint density at radius 1 is 1.25 bits per heavy atom. The molecule has 0 unspecified atom stereocenters. The topological polar surface area (TPSA) is 58.3 Å². The van der Waals surface area contributed by atoms with Gasteiger partial charge in [0, 0.05) is 25.8 Å². The number of aliphatic imine (C=N–C) groups is 1. The van der Waals surface area contributed by atoms with E-state index in [9.17, 15) is 0 Å². The molecule has 0 atom stereocenters. The molecule has 1 aromatic carbocycles. The fourth-order valence-corrected chi connectivity index (χ4v) is 2.89. The van der Waals surface area contributed by atoms with E-state index in [0.29, 0.717) is 6.54 Å². The smallest absolute Gasteiger partial charge is 0.194 e. The molecule has 1 saturated heterocycles. The zero-order chi connectivity index (χ0) is 16.1. The predicted molar refractivity (Wildman–Crippen MR) is 107 cm³/mol. The molecule has 1 aromatic heterocycles. The van der Waals surface area contributed by atoms with Gasteiger partial charge in [0.25, 0.3) is 0 Å². The molecule has 2 heterocycles. The number of piperidine rings is 1. The van der Waals surface area contributed by atoms with Gasteiger partial charge < -0.3 is 10.2 Å². The first-order valence-electron chi connectivity index (χ1n) is 8.18. The van der Waals surface area contributed by atoms with Crippen LogP contribution < -0.4 is 5.32 Å². The summed E-state index contributed by atoms with van der Waals surface area (Å²) in [4.78, 5) is 6.74. The van der Waals surface area contributed by atoms with Crippen molar-refractivity contribution in [2.45, 2.75) is 26.3 Å². The standard InChI is InChI=1S/C17H24N6.HI/c1-14-8-10-22(11-9-14)17(18-2)19-12-16-21-20-13-23(16)15-6-4-3-5-7-15;/h3-7,13-14H,8-12H2,1-2H3,(H,18,19);1H. The van der Waals surface area contributed by atoms with Crippen molar-refractivity contribution >= 4 is 29.9 Å². The van der Waals surface area contributed by atoms with E-state index >= 15 is 0 Å². The summed E-state index contributed by atoms with van der Waals surface area (Å²) in [6.07, 6.45) is 4.19. The highest BCUT2D eigenvalue weighted by Gasteiger charge is 2.19. The summed E-state index contributed by atoms with van der Waals surface area (Å²) in [5.74, 6) is 2.63. The third-order valence-corrected chi connectivity index (χ3v) is 4.35. The highest BCUT2D eigenvalue weighted by Crippen LogP contribution is 2.16. The Morgan fingerprint density at radius 2 is 1.96 bits per heavy atom. The van der Waals surface area contributed by atoms with Crippen LogP contribution in [0.2, 0.25) is 0 Å². The van der Waals surface area contributed by atoms with E-state index < -0.39 is 0 Å². The zero-order valence-electron chi connectivity index (χ0n) is 14.2. The minimum Gasteiger partial charge on any atom is -0.349 e. The quantitative estimate of drug-likeness (QED) is 0.453. The number of rotatable bonds is 3. The molecule has 24 heavy (non-hydrogen) atoms. The van der Waals surface area contributed by atoms with Gasteiger partial charge in [-0.15, -0.1) is 34.2 Å². The molecule has 0 amide bonds. The minimum absolute atomic E-state index is 0. The highest BCUT2D eigenvalue weighted by atomic mass is 127. The van der Waals surface area contributed by atoms with Crippen LogP contribution in [0.1, 0.15) is 25.6 Å². The first-order chi connectivity index (χ1) is 11.3. The van der Waals surface area contributed by atoms with Crippen molar-refractivity contribution in [2.24, 2.45) is 10.9 Å². The largest absolute Gasteiger partial charge is 0.349 e. The van der Waals surface area contributed by atoms with Crippen molar-refractivity contribution in [2.75, 3.05) is 20.1 Å². The molecule has 0 spiro atoms. The van der Waals surface area contributed by atoms with Crippen molar-refractivity contribution in [1.82, 2.24) is 25.0 Å². The maximum atomic E-state index is 4.41. The molecule has 130 valence electrons. The van der Waals surface area contributed by atoms with Crippen LogP contribution in [-0.2, 0) is 6.54 Å². The van der Waals surface area contributed by atoms with Crippen LogP contribution in [0.3, 0.4) is 0 Å². The second-order valence-corrected chi connectivity index (χ2v) is 6.02. The number of likely N-dealkylation sites (tertiary alicyclic amines) is 1. The summed E-state index contributed by atoms with van der Waals surface area (Å²) in [5, 5.41) is 11.7. The van der Waals surface area contributed by atoms with E-state index in [1.807, 2.05) is 41.9 Å². The lowest BCUT2D eigenvalue weighted by atomic mass is 10.00. The van der Waals surface area contributed by atoms with Crippen LogP contribution in [0.5, 0.6) is 0 Å². The summed E-state index contributed by atoms with van der Waals surface area (Å²) in [7, 11) is 1.84. The molecule has 6 nitrogen and oxygen atoms in total. The van der Waals surface area contributed by atoms with Gasteiger partial charge in [0.1, 0.15) is 6.33 Å². The molecule has 0 saturated carbocycles. The Balaban J connectivity index is 0.00000208. The fourth-order valence-electron chi connectivity index (χ4n) is 2.89. The molecular weight excluding hydrogens is 415 g/mol. The molecular formula is C17H25IN6. The number of benzene rings is 1. The normalized spacial score (nSPS) is 15.9. The van der Waals surface area contributed by atoms with Gasteiger partial charge in [-0.25, -0.2) is 0 Å². The number of nitrogens with zero attached hydrogens (tertiary/aromatic N) is 5. The molecule has 1 aliphatic heterocycles. The molecule has 1 aliphatic rings. The number of hydrogen-bond donors (Lipinski definition) is 1. The first kappa shape index (κ1) is 18.7. The third kappa shape index (κ3) is 4.46. The van der Waals surface area contributed by atoms with Gasteiger partial charge in [-0.3, -0.25) is 9.56 Å². The van der Waals surface area contributed by atoms with Gasteiger partial charge in [0.2, 0.25) is 0 Å². The van der Waals surface area contributed by atoms with E-state index in [2.05, 4.69) is 32.3 Å². The van der Waals surface area contributed by atoms with E-state index in [4.69, 9.17) is 0 Å². The summed E-state index contributed by atoms with van der Waals surface area (Å²) in [6.45, 7) is 5.04. The number of aromatic nitrogens is 3. The predicted octanol–water partition coefficient (Wildman–Crippen LogP) is 2.69. The van der Waals surface area contributed by atoms with Crippen LogP contribution in [0.15, 0.2) is 41.7 Å². The lowest BCUT2D eigenvalue weighted by molar-refractivity contribution is 0.273. The van der Waals surface area contributed by atoms with Gasteiger partial charge in [-0.1, -0.05) is 25.1 Å². The van der Waals surface area contributed by atoms with Crippen LogP contribution >= 0.6 is 24.0 Å². The van der Waals surface area contributed by atoms with Crippen molar-refractivity contribution in [3.8, 4) is 5.69 Å². The Labute approximate surface area is 160 Å². The van der Waals surface area contributed by atoms with Crippen molar-refractivity contribution in [1.29, 1.82) is 0 Å². The molecule has 3 rings (SSSR count). The average Bonchev–Trinajstić information content (AvgIpc) is 3.06. The maximum absolute atomic E-state index is 4.41. The number of nitrogens with one attached hydrogen (secondary N) is 1. The third-order valence-electron chi connectivity index (χ3n) is 4.35. The Hall–Kier alpha value is -1.64. The molecule has 7 heteroatoms. The molecule has 1 N–H and O–H groups in total. The van der Waals surface area contributed by atoms with E-state index in [0.717, 1.165) is 36.5 Å². The lowest BCUT2D eigenvalue weighted by Crippen LogP contribution is -2.45. The summed E-state index contributed by atoms with van der Waals surface area (Å²) in [5.41, 5.74) is 1.07. The molecule has 0 bridgehead atoms. The molecule has 0 aliphatic carbocycles. The zero-order valence-corrected chi connectivity index (χ0v) is 16.6. The Morgan fingerprint density at radius 3 is 2.62 bits per heavy atom. The van der Waals surface area contributed by atoms with Crippen molar-refractivity contribution < 1.29 is 0 Å². The minimum atomic E-state index is 0. The summed E-state index contributed by atoms with van der Waals surface area (Å²) >= 11 is 0. The second-order valence-electron chi connectivity index (χ2n) is 6.02. The highest BCUT2D eigenvalue weighted by molar-refractivity contribution is 14.0. The molecule has 2 aromatic rings. The van der Waals surface area contributed by atoms with Gasteiger partial charge in [0.15, 0.2) is 11.8 Å². The Bertz CT molecular complexity index is 646. The van der Waals surface area contributed by atoms with Crippen LogP contribution in [-0.4, -0.2) is 45.8 Å². The van der Waals surface area contributed by atoms with Crippen LogP contribution in [0.4, 0.5) is 0 Å². The van der Waals surface area contributed by atoms with Gasteiger partial charge in [-0.2, -0.15) is 0 Å². The lowest BCUT2D eigenvalue weighted by Gasteiger charge is -2.32. The molecule has 1 fully saturated rings. The number of guanidine groups is 1. The van der Waals surface area contributed by atoms with Crippen LogP contribution in [0.25, 0.3) is 5.69 Å². The first-order valence-corrected chi connectivity index (χ1v) is 8.18. The van der Waals surface area contributed by atoms with Crippen molar-refractivity contribution in [3.05, 3.63) is 42.5 Å².